The van der Waals surface area contributed by atoms with Crippen LogP contribution in [0.1, 0.15) is 16.7 Å². The molecule has 118 valence electrons. The van der Waals surface area contributed by atoms with Crippen molar-refractivity contribution in [1.29, 1.82) is 0 Å². The Bertz CT molecular complexity index is 1060. The zero-order chi connectivity index (χ0) is 16.5. The van der Waals surface area contributed by atoms with E-state index in [9.17, 15) is 4.79 Å². The molecule has 2 aromatic heterocycles. The van der Waals surface area contributed by atoms with Crippen LogP contribution >= 0.6 is 0 Å². The minimum absolute atomic E-state index is 0.289. The van der Waals surface area contributed by atoms with Gasteiger partial charge in [0.25, 0.3) is 0 Å². The molecule has 0 atom stereocenters. The van der Waals surface area contributed by atoms with Gasteiger partial charge in [0.05, 0.1) is 12.5 Å². The fraction of sp³-hybridized carbons (Fsp3) is 0.105. The number of H-pyrrole nitrogens is 1. The second-order valence-corrected chi connectivity index (χ2v) is 5.80. The van der Waals surface area contributed by atoms with Crippen molar-refractivity contribution in [2.24, 2.45) is 0 Å². The smallest absolute Gasteiger partial charge is 0.296 e. The third kappa shape index (κ3) is 2.50. The van der Waals surface area contributed by atoms with Gasteiger partial charge in [0.2, 0.25) is 0 Å². The standard InChI is InChI=1S/C19H16N4O/c1-13-4-2-3-5-16(13)10-14-6-8-15(9-7-14)17-11-22-23-18(17)20-12-21-19(23)24/h2-9,11-12H,10H2,1H3,(H,20,21,24). The minimum atomic E-state index is -0.289. The lowest BCUT2D eigenvalue weighted by molar-refractivity contribution is 0.840. The molecule has 0 fully saturated rings. The summed E-state index contributed by atoms with van der Waals surface area (Å²) in [5, 5.41) is 4.11. The van der Waals surface area contributed by atoms with Gasteiger partial charge in [-0.3, -0.25) is 4.98 Å². The highest BCUT2D eigenvalue weighted by molar-refractivity contribution is 5.76. The maximum absolute atomic E-state index is 11.7. The molecule has 0 bridgehead atoms. The number of aromatic amines is 1. The molecule has 2 heterocycles. The molecule has 0 aliphatic rings. The molecule has 2 aromatic carbocycles. The van der Waals surface area contributed by atoms with Crippen molar-refractivity contribution in [2.75, 3.05) is 0 Å². The predicted octanol–water partition coefficient (Wildman–Crippen LogP) is 2.98. The molecule has 0 amide bonds. The number of aromatic nitrogens is 4. The van der Waals surface area contributed by atoms with Gasteiger partial charge in [0, 0.05) is 5.56 Å². The lowest BCUT2D eigenvalue weighted by Crippen LogP contribution is -2.17. The normalized spacial score (nSPS) is 11.0. The molecule has 0 saturated carbocycles. The Morgan fingerprint density at radius 3 is 2.67 bits per heavy atom. The molecule has 0 saturated heterocycles. The van der Waals surface area contributed by atoms with Gasteiger partial charge in [-0.2, -0.15) is 9.61 Å². The quantitative estimate of drug-likeness (QED) is 0.632. The summed E-state index contributed by atoms with van der Waals surface area (Å²) in [5.74, 6) is 0. The average Bonchev–Trinajstić information content (AvgIpc) is 3.03. The fourth-order valence-corrected chi connectivity index (χ4v) is 2.86. The monoisotopic (exact) mass is 316 g/mol. The lowest BCUT2D eigenvalue weighted by atomic mass is 9.99. The van der Waals surface area contributed by atoms with Crippen molar-refractivity contribution in [1.82, 2.24) is 19.6 Å². The number of aryl methyl sites for hydroxylation is 1. The SMILES string of the molecule is Cc1ccccc1Cc1ccc(-c2cnn3c(=O)[nH]cnc23)cc1. The molecule has 4 rings (SSSR count). The van der Waals surface area contributed by atoms with E-state index in [1.807, 2.05) is 12.1 Å². The Labute approximate surface area is 138 Å². The first kappa shape index (κ1) is 14.4. The van der Waals surface area contributed by atoms with E-state index in [-0.39, 0.29) is 5.69 Å². The molecule has 1 N–H and O–H groups in total. The Morgan fingerprint density at radius 1 is 1.08 bits per heavy atom. The number of rotatable bonds is 3. The number of nitrogens with one attached hydrogen (secondary N) is 1. The maximum atomic E-state index is 11.7. The van der Waals surface area contributed by atoms with Crippen LogP contribution in [-0.4, -0.2) is 19.6 Å². The van der Waals surface area contributed by atoms with E-state index in [1.165, 1.54) is 27.5 Å². The summed E-state index contributed by atoms with van der Waals surface area (Å²) >= 11 is 0. The van der Waals surface area contributed by atoms with E-state index >= 15 is 0 Å². The highest BCUT2D eigenvalue weighted by Crippen LogP contribution is 2.23. The summed E-state index contributed by atoms with van der Waals surface area (Å²) in [6.07, 6.45) is 3.98. The third-order valence-electron chi connectivity index (χ3n) is 4.23. The molecule has 0 radical (unpaired) electrons. The van der Waals surface area contributed by atoms with Gasteiger partial charge in [0.1, 0.15) is 0 Å². The van der Waals surface area contributed by atoms with Crippen LogP contribution in [0, 0.1) is 6.92 Å². The van der Waals surface area contributed by atoms with Crippen LogP contribution in [0.5, 0.6) is 0 Å². The predicted molar refractivity (Wildman–Crippen MR) is 93.0 cm³/mol. The molecule has 0 aliphatic carbocycles. The summed E-state index contributed by atoms with van der Waals surface area (Å²) in [6.45, 7) is 2.13. The highest BCUT2D eigenvalue weighted by atomic mass is 16.1. The van der Waals surface area contributed by atoms with Crippen LogP contribution in [0.4, 0.5) is 0 Å². The highest BCUT2D eigenvalue weighted by Gasteiger charge is 2.09. The van der Waals surface area contributed by atoms with E-state index < -0.39 is 0 Å². The van der Waals surface area contributed by atoms with E-state index in [4.69, 9.17) is 0 Å². The van der Waals surface area contributed by atoms with Crippen LogP contribution in [0.3, 0.4) is 0 Å². The average molecular weight is 316 g/mol. The molecule has 24 heavy (non-hydrogen) atoms. The van der Waals surface area contributed by atoms with E-state index in [2.05, 4.69) is 58.4 Å². The molecular formula is C19H16N4O. The Kier molecular flexibility index (Phi) is 3.46. The summed E-state index contributed by atoms with van der Waals surface area (Å²) in [4.78, 5) is 18.5. The van der Waals surface area contributed by atoms with Gasteiger partial charge >= 0.3 is 5.69 Å². The summed E-state index contributed by atoms with van der Waals surface area (Å²) in [5.41, 5.74) is 5.99. The lowest BCUT2D eigenvalue weighted by Gasteiger charge is -2.06. The molecule has 0 aliphatic heterocycles. The largest absolute Gasteiger partial charge is 0.349 e. The third-order valence-corrected chi connectivity index (χ3v) is 4.23. The first-order valence-electron chi connectivity index (χ1n) is 7.77. The minimum Gasteiger partial charge on any atom is -0.296 e. The van der Waals surface area contributed by atoms with Crippen LogP contribution in [0.2, 0.25) is 0 Å². The van der Waals surface area contributed by atoms with Crippen LogP contribution < -0.4 is 5.69 Å². The Hall–Kier alpha value is -3.21. The van der Waals surface area contributed by atoms with Crippen LogP contribution in [0.25, 0.3) is 16.8 Å². The van der Waals surface area contributed by atoms with Crippen molar-refractivity contribution >= 4 is 5.65 Å². The van der Waals surface area contributed by atoms with Crippen molar-refractivity contribution in [3.8, 4) is 11.1 Å². The molecule has 4 aromatic rings. The van der Waals surface area contributed by atoms with Crippen molar-refractivity contribution in [3.05, 3.63) is 88.2 Å². The second-order valence-electron chi connectivity index (χ2n) is 5.80. The first-order valence-corrected chi connectivity index (χ1v) is 7.77. The van der Waals surface area contributed by atoms with Crippen molar-refractivity contribution in [3.63, 3.8) is 0 Å². The van der Waals surface area contributed by atoms with E-state index in [0.717, 1.165) is 17.5 Å². The topological polar surface area (TPSA) is 63.1 Å². The number of nitrogens with zero attached hydrogens (tertiary/aromatic N) is 3. The molecule has 5 nitrogen and oxygen atoms in total. The number of hydrogen-bond acceptors (Lipinski definition) is 3. The van der Waals surface area contributed by atoms with E-state index in [1.54, 1.807) is 6.20 Å². The van der Waals surface area contributed by atoms with Gasteiger partial charge in [-0.05, 0) is 35.6 Å². The second kappa shape index (κ2) is 5.77. The van der Waals surface area contributed by atoms with Crippen LogP contribution in [-0.2, 0) is 6.42 Å². The maximum Gasteiger partial charge on any atom is 0.349 e. The Morgan fingerprint density at radius 2 is 1.88 bits per heavy atom. The summed E-state index contributed by atoms with van der Waals surface area (Å²) < 4.78 is 1.27. The van der Waals surface area contributed by atoms with Gasteiger partial charge in [-0.25, -0.2) is 9.78 Å². The molecule has 0 unspecified atom stereocenters. The van der Waals surface area contributed by atoms with Gasteiger partial charge in [-0.15, -0.1) is 0 Å². The summed E-state index contributed by atoms with van der Waals surface area (Å²) in [7, 11) is 0. The Balaban J connectivity index is 1.67. The van der Waals surface area contributed by atoms with Gasteiger partial charge in [0.15, 0.2) is 5.65 Å². The fourth-order valence-electron chi connectivity index (χ4n) is 2.86. The van der Waals surface area contributed by atoms with E-state index in [0.29, 0.717) is 5.65 Å². The zero-order valence-corrected chi connectivity index (χ0v) is 13.2. The first-order chi connectivity index (χ1) is 11.7. The molecule has 5 heteroatoms. The number of benzene rings is 2. The zero-order valence-electron chi connectivity index (χ0n) is 13.2. The van der Waals surface area contributed by atoms with Crippen molar-refractivity contribution in [2.45, 2.75) is 13.3 Å². The van der Waals surface area contributed by atoms with Gasteiger partial charge in [-0.1, -0.05) is 48.5 Å². The van der Waals surface area contributed by atoms with Crippen LogP contribution in [0.15, 0.2) is 65.8 Å². The number of fused-ring (bicyclic) bond motifs is 1. The van der Waals surface area contributed by atoms with Gasteiger partial charge < -0.3 is 0 Å². The molecular weight excluding hydrogens is 300 g/mol. The number of hydrogen-bond donors (Lipinski definition) is 1. The van der Waals surface area contributed by atoms with Crippen molar-refractivity contribution < 1.29 is 0 Å². The summed E-state index contributed by atoms with van der Waals surface area (Å²) in [6, 6.07) is 16.7. The molecule has 0 spiro atoms.